The van der Waals surface area contributed by atoms with Crippen LogP contribution in [-0.4, -0.2) is 19.9 Å². The van der Waals surface area contributed by atoms with Crippen molar-refractivity contribution >= 4 is 11.9 Å². The number of fused-ring (bicyclic) bond motifs is 1. The topological polar surface area (TPSA) is 53.8 Å². The van der Waals surface area contributed by atoms with Crippen LogP contribution in [0.5, 0.6) is 11.5 Å². The lowest BCUT2D eigenvalue weighted by molar-refractivity contribution is -0.872. The van der Waals surface area contributed by atoms with Gasteiger partial charge in [-0.1, -0.05) is 43.0 Å². The summed E-state index contributed by atoms with van der Waals surface area (Å²) in [5.41, 5.74) is 3.18. The Labute approximate surface area is 142 Å². The van der Waals surface area contributed by atoms with E-state index >= 15 is 0 Å². The molecule has 0 aliphatic carbocycles. The molecule has 1 aliphatic rings. The molecule has 2 aromatic rings. The maximum absolute atomic E-state index is 12.6. The largest absolute Gasteiger partial charge is 0.872 e. The van der Waals surface area contributed by atoms with E-state index in [1.54, 1.807) is 12.1 Å². The van der Waals surface area contributed by atoms with Gasteiger partial charge in [0.05, 0.1) is 19.7 Å². The number of ketones is 1. The van der Waals surface area contributed by atoms with Crippen LogP contribution in [0.15, 0.2) is 42.2 Å². The highest BCUT2D eigenvalue weighted by Crippen LogP contribution is 2.38. The molecule has 0 aromatic heterocycles. The van der Waals surface area contributed by atoms with Crippen molar-refractivity contribution < 1.29 is 19.5 Å². The molecule has 1 N–H and O–H groups in total. The van der Waals surface area contributed by atoms with Crippen LogP contribution in [0.2, 0.25) is 0 Å². The van der Waals surface area contributed by atoms with Gasteiger partial charge in [-0.3, -0.25) is 4.79 Å². The number of hydrogen-bond donors (Lipinski definition) is 1. The average molecular weight is 323 g/mol. The Morgan fingerprint density at radius 1 is 1.12 bits per heavy atom. The zero-order valence-electron chi connectivity index (χ0n) is 14.2. The first-order valence-electron chi connectivity index (χ1n) is 8.14. The number of aryl methyl sites for hydroxylation is 1. The summed E-state index contributed by atoms with van der Waals surface area (Å²) >= 11 is 0. The molecular weight excluding hydrogens is 302 g/mol. The van der Waals surface area contributed by atoms with Crippen LogP contribution in [0.25, 0.3) is 6.08 Å². The maximum Gasteiger partial charge on any atom is 0.231 e. The van der Waals surface area contributed by atoms with Crippen molar-refractivity contribution in [3.8, 4) is 11.5 Å². The SMILES string of the molecule is CCc1ccc(/C=C2\Oc3c(ccc([O-])c3C[NH+](C)C)C2=O)cc1. The van der Waals surface area contributed by atoms with Crippen LogP contribution in [-0.2, 0) is 13.0 Å². The van der Waals surface area contributed by atoms with Crippen molar-refractivity contribution in [3.05, 3.63) is 64.4 Å². The third-order valence-electron chi connectivity index (χ3n) is 4.11. The zero-order valence-corrected chi connectivity index (χ0v) is 14.2. The predicted molar refractivity (Wildman–Crippen MR) is 91.2 cm³/mol. The van der Waals surface area contributed by atoms with Gasteiger partial charge in [0.25, 0.3) is 0 Å². The third-order valence-corrected chi connectivity index (χ3v) is 4.11. The molecule has 0 saturated heterocycles. The molecule has 24 heavy (non-hydrogen) atoms. The van der Waals surface area contributed by atoms with Gasteiger partial charge in [-0.25, -0.2) is 0 Å². The summed E-state index contributed by atoms with van der Waals surface area (Å²) in [7, 11) is 3.92. The molecule has 2 aromatic carbocycles. The fraction of sp³-hybridized carbons (Fsp3) is 0.250. The Kier molecular flexibility index (Phi) is 4.40. The number of ether oxygens (including phenoxy) is 1. The van der Waals surface area contributed by atoms with E-state index < -0.39 is 0 Å². The van der Waals surface area contributed by atoms with Crippen LogP contribution >= 0.6 is 0 Å². The summed E-state index contributed by atoms with van der Waals surface area (Å²) in [6.45, 7) is 2.62. The normalized spacial score (nSPS) is 15.0. The number of Topliss-reactive ketones (excluding diaryl/α,β-unsaturated/α-hetero) is 1. The molecule has 0 fully saturated rings. The first-order valence-corrected chi connectivity index (χ1v) is 8.14. The Hall–Kier alpha value is -2.59. The smallest absolute Gasteiger partial charge is 0.231 e. The molecule has 124 valence electrons. The highest BCUT2D eigenvalue weighted by Gasteiger charge is 2.30. The second-order valence-electron chi connectivity index (χ2n) is 6.34. The quantitative estimate of drug-likeness (QED) is 0.869. The third kappa shape index (κ3) is 3.05. The van der Waals surface area contributed by atoms with Gasteiger partial charge in [0, 0.05) is 5.56 Å². The van der Waals surface area contributed by atoms with Gasteiger partial charge in [0.1, 0.15) is 12.3 Å². The maximum atomic E-state index is 12.6. The number of allylic oxidation sites excluding steroid dienone is 1. The summed E-state index contributed by atoms with van der Waals surface area (Å²) in [5, 5.41) is 12.1. The molecule has 0 bridgehead atoms. The molecule has 4 heteroatoms. The van der Waals surface area contributed by atoms with E-state index in [9.17, 15) is 9.90 Å². The Morgan fingerprint density at radius 2 is 1.83 bits per heavy atom. The first kappa shape index (κ1) is 16.3. The Balaban J connectivity index is 1.96. The van der Waals surface area contributed by atoms with Crippen molar-refractivity contribution in [3.63, 3.8) is 0 Å². The first-order chi connectivity index (χ1) is 11.5. The van der Waals surface area contributed by atoms with Crippen molar-refractivity contribution in [1.29, 1.82) is 0 Å². The minimum absolute atomic E-state index is 0.0868. The molecule has 0 radical (unpaired) electrons. The van der Waals surface area contributed by atoms with E-state index in [0.29, 0.717) is 23.4 Å². The van der Waals surface area contributed by atoms with Gasteiger partial charge >= 0.3 is 0 Å². The molecule has 0 amide bonds. The summed E-state index contributed by atoms with van der Waals surface area (Å²) in [6.07, 6.45) is 2.71. The van der Waals surface area contributed by atoms with Crippen LogP contribution in [0.4, 0.5) is 0 Å². The van der Waals surface area contributed by atoms with Crippen molar-refractivity contribution in [2.24, 2.45) is 0 Å². The molecule has 1 aliphatic heterocycles. The van der Waals surface area contributed by atoms with E-state index in [2.05, 4.69) is 6.92 Å². The fourth-order valence-electron chi connectivity index (χ4n) is 2.81. The number of benzene rings is 2. The van der Waals surface area contributed by atoms with Gasteiger partial charge in [-0.05, 0) is 29.7 Å². The molecule has 1 heterocycles. The number of rotatable bonds is 4. The number of hydrogen-bond acceptors (Lipinski definition) is 3. The predicted octanol–water partition coefficient (Wildman–Crippen LogP) is 1.58. The molecule has 0 atom stereocenters. The monoisotopic (exact) mass is 323 g/mol. The second kappa shape index (κ2) is 6.49. The summed E-state index contributed by atoms with van der Waals surface area (Å²) in [5.74, 6) is 0.441. The minimum atomic E-state index is -0.167. The number of nitrogens with one attached hydrogen (secondary N) is 1. The van der Waals surface area contributed by atoms with Crippen LogP contribution in [0, 0.1) is 0 Å². The van der Waals surface area contributed by atoms with Gasteiger partial charge < -0.3 is 14.7 Å². The van der Waals surface area contributed by atoms with Gasteiger partial charge in [0.2, 0.25) is 5.78 Å². The lowest BCUT2D eigenvalue weighted by atomic mass is 10.0. The van der Waals surface area contributed by atoms with E-state index in [-0.39, 0.29) is 17.3 Å². The fourth-order valence-corrected chi connectivity index (χ4v) is 2.81. The van der Waals surface area contributed by atoms with E-state index in [0.717, 1.165) is 16.9 Å². The highest BCUT2D eigenvalue weighted by molar-refractivity contribution is 6.14. The number of carbonyl (C=O) groups excluding carboxylic acids is 1. The summed E-state index contributed by atoms with van der Waals surface area (Å²) in [6, 6.07) is 11.0. The van der Waals surface area contributed by atoms with Gasteiger partial charge in [0.15, 0.2) is 5.76 Å². The second-order valence-corrected chi connectivity index (χ2v) is 6.34. The van der Waals surface area contributed by atoms with E-state index in [1.807, 2.05) is 38.4 Å². The molecular formula is C20H21NO3. The van der Waals surface area contributed by atoms with Crippen LogP contribution < -0.4 is 14.7 Å². The van der Waals surface area contributed by atoms with Gasteiger partial charge in [-0.2, -0.15) is 0 Å². The molecule has 0 saturated carbocycles. The molecule has 3 rings (SSSR count). The minimum Gasteiger partial charge on any atom is -0.872 e. The molecule has 0 unspecified atom stereocenters. The number of quaternary nitrogens is 1. The summed E-state index contributed by atoms with van der Waals surface area (Å²) < 4.78 is 5.79. The van der Waals surface area contributed by atoms with Gasteiger partial charge in [-0.15, -0.1) is 0 Å². The Morgan fingerprint density at radius 3 is 2.46 bits per heavy atom. The van der Waals surface area contributed by atoms with Crippen molar-refractivity contribution in [1.82, 2.24) is 0 Å². The lowest BCUT2D eigenvalue weighted by Gasteiger charge is -2.17. The molecule has 0 spiro atoms. The Bertz CT molecular complexity index is 804. The average Bonchev–Trinajstić information content (AvgIpc) is 2.87. The summed E-state index contributed by atoms with van der Waals surface area (Å²) in [4.78, 5) is 13.7. The van der Waals surface area contributed by atoms with E-state index in [1.165, 1.54) is 11.6 Å². The zero-order chi connectivity index (χ0) is 17.3. The van der Waals surface area contributed by atoms with Crippen LogP contribution in [0.1, 0.15) is 34.0 Å². The van der Waals surface area contributed by atoms with Crippen molar-refractivity contribution in [2.75, 3.05) is 14.1 Å². The highest BCUT2D eigenvalue weighted by atomic mass is 16.5. The van der Waals surface area contributed by atoms with Crippen LogP contribution in [0.3, 0.4) is 0 Å². The van der Waals surface area contributed by atoms with E-state index in [4.69, 9.17) is 4.74 Å². The number of carbonyl (C=O) groups is 1. The standard InChI is InChI=1S/C20H21NO3/c1-4-13-5-7-14(8-6-13)11-18-19(23)15-9-10-17(22)16(12-21(2)3)20(15)24-18/h5-11,22H,4,12H2,1-3H3/b18-11-. The molecule has 4 nitrogen and oxygen atoms in total. The van der Waals surface area contributed by atoms with Crippen molar-refractivity contribution in [2.45, 2.75) is 19.9 Å². The lowest BCUT2D eigenvalue weighted by Crippen LogP contribution is -3.04.